The smallest absolute Gasteiger partial charge is 0.315 e. The van der Waals surface area contributed by atoms with Crippen molar-refractivity contribution < 1.29 is 9.59 Å². The summed E-state index contributed by atoms with van der Waals surface area (Å²) in [6, 6.07) is 0.516. The first-order valence-corrected chi connectivity index (χ1v) is 6.68. The lowest BCUT2D eigenvalue weighted by atomic mass is 10.0. The maximum absolute atomic E-state index is 11.1. The average molecular weight is 243 g/mol. The number of carbonyl (C=O) groups excluding carboxylic acids is 2. The molecule has 0 saturated carbocycles. The van der Waals surface area contributed by atoms with E-state index in [9.17, 15) is 9.59 Å². The lowest BCUT2D eigenvalue weighted by Crippen LogP contribution is -2.36. The second-order valence-electron chi connectivity index (χ2n) is 4.33. The van der Waals surface area contributed by atoms with Gasteiger partial charge in [0.15, 0.2) is 0 Å². The van der Waals surface area contributed by atoms with Crippen LogP contribution in [0.4, 0.5) is 4.79 Å². The third-order valence-electron chi connectivity index (χ3n) is 3.10. The molecule has 5 nitrogen and oxygen atoms in total. The Hall–Kier alpha value is -0.910. The number of hydrogen-bond donors (Lipinski definition) is 3. The first kappa shape index (κ1) is 11.6. The summed E-state index contributed by atoms with van der Waals surface area (Å²) in [5.41, 5.74) is 5.08. The molecule has 16 heavy (non-hydrogen) atoms. The molecule has 2 saturated heterocycles. The van der Waals surface area contributed by atoms with Crippen molar-refractivity contribution in [2.45, 2.75) is 43.0 Å². The maximum atomic E-state index is 11.1. The quantitative estimate of drug-likeness (QED) is 0.476. The molecule has 2 rings (SSSR count). The molecular weight excluding hydrogens is 226 g/mol. The number of unbranched alkanes of at least 4 members (excludes halogenated alkanes) is 1. The van der Waals surface area contributed by atoms with E-state index in [-0.39, 0.29) is 18.0 Å². The number of urea groups is 1. The van der Waals surface area contributed by atoms with E-state index in [2.05, 4.69) is 10.6 Å². The summed E-state index contributed by atoms with van der Waals surface area (Å²) < 4.78 is 0. The molecule has 0 aromatic rings. The predicted molar refractivity (Wildman–Crippen MR) is 63.2 cm³/mol. The maximum Gasteiger partial charge on any atom is 0.315 e. The van der Waals surface area contributed by atoms with Crippen LogP contribution >= 0.6 is 11.8 Å². The molecule has 0 aliphatic carbocycles. The highest BCUT2D eigenvalue weighted by molar-refractivity contribution is 8.00. The topological polar surface area (TPSA) is 84.2 Å². The van der Waals surface area contributed by atoms with Crippen molar-refractivity contribution in [1.29, 1.82) is 0 Å². The lowest BCUT2D eigenvalue weighted by Gasteiger charge is -2.16. The van der Waals surface area contributed by atoms with Gasteiger partial charge in [-0.3, -0.25) is 4.79 Å². The van der Waals surface area contributed by atoms with Crippen molar-refractivity contribution in [3.05, 3.63) is 0 Å². The third kappa shape index (κ3) is 2.61. The van der Waals surface area contributed by atoms with E-state index >= 15 is 0 Å². The van der Waals surface area contributed by atoms with Gasteiger partial charge in [-0.25, -0.2) is 4.79 Å². The molecule has 2 aliphatic rings. The van der Waals surface area contributed by atoms with E-state index in [4.69, 9.17) is 5.73 Å². The minimum absolute atomic E-state index is 0.0440. The zero-order valence-electron chi connectivity index (χ0n) is 9.07. The number of fused-ring (bicyclic) bond motifs is 1. The molecule has 2 fully saturated rings. The Bertz CT molecular complexity index is 298. The van der Waals surface area contributed by atoms with Gasteiger partial charge in [-0.2, -0.15) is 11.8 Å². The van der Waals surface area contributed by atoms with Gasteiger partial charge in [-0.05, 0) is 12.8 Å². The van der Waals surface area contributed by atoms with Crippen LogP contribution in [0.15, 0.2) is 0 Å². The van der Waals surface area contributed by atoms with E-state index in [1.807, 2.05) is 11.8 Å². The number of carbonyl (C=O) groups is 2. The van der Waals surface area contributed by atoms with Crippen LogP contribution in [0.5, 0.6) is 0 Å². The van der Waals surface area contributed by atoms with Crippen molar-refractivity contribution in [2.75, 3.05) is 5.75 Å². The van der Waals surface area contributed by atoms with Gasteiger partial charge in [-0.15, -0.1) is 0 Å². The standard InChI is InChI=1S/C10H17N3O2S/c11-8(14)4-2-1-3-7-9-6(5-16-7)12-10(15)13-9/h6-7,9H,1-5H2,(H2,11,14)(H2,12,13,15)/t6-,7?,9-/m0/s1. The second kappa shape index (κ2) is 4.95. The number of hydrogen-bond acceptors (Lipinski definition) is 3. The Morgan fingerprint density at radius 2 is 2.25 bits per heavy atom. The van der Waals surface area contributed by atoms with Crippen LogP contribution in [0.1, 0.15) is 25.7 Å². The Labute approximate surface area is 98.9 Å². The summed E-state index contributed by atoms with van der Waals surface area (Å²) in [5, 5.41) is 6.35. The van der Waals surface area contributed by atoms with E-state index in [0.29, 0.717) is 17.7 Å². The van der Waals surface area contributed by atoms with Crippen LogP contribution in [-0.4, -0.2) is 35.0 Å². The van der Waals surface area contributed by atoms with Crippen LogP contribution < -0.4 is 16.4 Å². The Balaban J connectivity index is 1.70. The minimum Gasteiger partial charge on any atom is -0.370 e. The molecule has 0 aromatic heterocycles. The molecular formula is C10H17N3O2S. The molecule has 90 valence electrons. The number of nitrogens with two attached hydrogens (primary N) is 1. The SMILES string of the molecule is NC(=O)CCCCC1SC[C@@H]2NC(=O)N[C@H]12. The van der Waals surface area contributed by atoms with Crippen molar-refractivity contribution in [3.8, 4) is 0 Å². The van der Waals surface area contributed by atoms with E-state index in [1.54, 1.807) is 0 Å². The first-order chi connectivity index (χ1) is 7.66. The summed E-state index contributed by atoms with van der Waals surface area (Å²) in [6.07, 6.45) is 3.36. The first-order valence-electron chi connectivity index (χ1n) is 5.64. The largest absolute Gasteiger partial charge is 0.370 e. The molecule has 3 atom stereocenters. The normalized spacial score (nSPS) is 32.0. The van der Waals surface area contributed by atoms with Crippen molar-refractivity contribution in [2.24, 2.45) is 5.73 Å². The fourth-order valence-corrected chi connectivity index (χ4v) is 3.83. The summed E-state index contributed by atoms with van der Waals surface area (Å²) in [6.45, 7) is 0. The van der Waals surface area contributed by atoms with Gasteiger partial charge >= 0.3 is 6.03 Å². The highest BCUT2D eigenvalue weighted by Crippen LogP contribution is 2.33. The van der Waals surface area contributed by atoms with Gasteiger partial charge in [0.05, 0.1) is 12.1 Å². The summed E-state index contributed by atoms with van der Waals surface area (Å²) in [4.78, 5) is 21.7. The number of thioether (sulfide) groups is 1. The van der Waals surface area contributed by atoms with Crippen molar-refractivity contribution in [3.63, 3.8) is 0 Å². The minimum atomic E-state index is -0.229. The molecule has 0 bridgehead atoms. The van der Waals surface area contributed by atoms with Gasteiger partial charge in [0.2, 0.25) is 5.91 Å². The van der Waals surface area contributed by atoms with Crippen molar-refractivity contribution in [1.82, 2.24) is 10.6 Å². The van der Waals surface area contributed by atoms with E-state index < -0.39 is 0 Å². The van der Waals surface area contributed by atoms with Crippen LogP contribution in [0.3, 0.4) is 0 Å². The fourth-order valence-electron chi connectivity index (χ4n) is 2.29. The number of nitrogens with one attached hydrogen (secondary N) is 2. The lowest BCUT2D eigenvalue weighted by molar-refractivity contribution is -0.118. The molecule has 3 amide bonds. The highest BCUT2D eigenvalue weighted by atomic mass is 32.2. The number of primary amides is 1. The third-order valence-corrected chi connectivity index (χ3v) is 4.61. The van der Waals surface area contributed by atoms with E-state index in [1.165, 1.54) is 0 Å². The van der Waals surface area contributed by atoms with Gasteiger partial charge in [0.25, 0.3) is 0 Å². The number of amides is 3. The molecule has 0 spiro atoms. The Morgan fingerprint density at radius 1 is 1.44 bits per heavy atom. The van der Waals surface area contributed by atoms with Crippen LogP contribution in [-0.2, 0) is 4.79 Å². The Morgan fingerprint density at radius 3 is 3.00 bits per heavy atom. The van der Waals surface area contributed by atoms with Gasteiger partial charge in [-0.1, -0.05) is 6.42 Å². The van der Waals surface area contributed by atoms with Gasteiger partial charge < -0.3 is 16.4 Å². The van der Waals surface area contributed by atoms with Crippen molar-refractivity contribution >= 4 is 23.7 Å². The Kier molecular flexibility index (Phi) is 3.58. The molecule has 6 heteroatoms. The van der Waals surface area contributed by atoms with Crippen LogP contribution in [0, 0.1) is 0 Å². The molecule has 2 heterocycles. The van der Waals surface area contributed by atoms with Crippen LogP contribution in [0.25, 0.3) is 0 Å². The molecule has 4 N–H and O–H groups in total. The zero-order chi connectivity index (χ0) is 11.5. The molecule has 0 radical (unpaired) electrons. The fraction of sp³-hybridized carbons (Fsp3) is 0.800. The monoisotopic (exact) mass is 243 g/mol. The summed E-state index contributed by atoms with van der Waals surface area (Å²) >= 11 is 1.90. The predicted octanol–water partition coefficient (Wildman–Crippen LogP) is 0.197. The highest BCUT2D eigenvalue weighted by Gasteiger charge is 2.42. The van der Waals surface area contributed by atoms with Crippen LogP contribution in [0.2, 0.25) is 0 Å². The number of rotatable bonds is 5. The van der Waals surface area contributed by atoms with E-state index in [0.717, 1.165) is 25.0 Å². The molecule has 0 aromatic carbocycles. The second-order valence-corrected chi connectivity index (χ2v) is 5.61. The summed E-state index contributed by atoms with van der Waals surface area (Å²) in [5.74, 6) is 0.761. The summed E-state index contributed by atoms with van der Waals surface area (Å²) in [7, 11) is 0. The molecule has 1 unspecified atom stereocenters. The zero-order valence-corrected chi connectivity index (χ0v) is 9.89. The molecule has 2 aliphatic heterocycles. The van der Waals surface area contributed by atoms with Gasteiger partial charge in [0.1, 0.15) is 0 Å². The van der Waals surface area contributed by atoms with Gasteiger partial charge in [0, 0.05) is 17.4 Å². The average Bonchev–Trinajstić information content (AvgIpc) is 2.72.